The second-order valence-electron chi connectivity index (χ2n) is 7.61. The van der Waals surface area contributed by atoms with Crippen LogP contribution in [0.25, 0.3) is 11.3 Å². The van der Waals surface area contributed by atoms with Gasteiger partial charge in [0.05, 0.1) is 37.7 Å². The van der Waals surface area contributed by atoms with Crippen LogP contribution in [0.2, 0.25) is 0 Å². The van der Waals surface area contributed by atoms with E-state index < -0.39 is 11.7 Å². The van der Waals surface area contributed by atoms with Crippen LogP contribution in [0.1, 0.15) is 44.4 Å². The van der Waals surface area contributed by atoms with E-state index in [9.17, 15) is 9.59 Å². The highest BCUT2D eigenvalue weighted by atomic mass is 16.5. The Morgan fingerprint density at radius 1 is 0.758 bits per heavy atom. The molecule has 0 saturated carbocycles. The van der Waals surface area contributed by atoms with Crippen LogP contribution in [0.3, 0.4) is 0 Å². The summed E-state index contributed by atoms with van der Waals surface area (Å²) in [5.41, 5.74) is 3.44. The summed E-state index contributed by atoms with van der Waals surface area (Å²) in [4.78, 5) is 27.7. The van der Waals surface area contributed by atoms with Gasteiger partial charge in [-0.2, -0.15) is 0 Å². The van der Waals surface area contributed by atoms with Gasteiger partial charge in [-0.3, -0.25) is 9.59 Å². The summed E-state index contributed by atoms with van der Waals surface area (Å²) in [6, 6.07) is 9.21. The number of Topliss-reactive ketones (excluding diaryl/α,β-unsaturated/α-hetero) is 1. The van der Waals surface area contributed by atoms with Crippen LogP contribution in [-0.2, 0) is 16.0 Å². The maximum atomic E-state index is 13.2. The lowest BCUT2D eigenvalue weighted by Crippen LogP contribution is -2.33. The molecule has 0 saturated heterocycles. The van der Waals surface area contributed by atoms with Gasteiger partial charge >= 0.3 is 0 Å². The zero-order chi connectivity index (χ0) is 23.5. The third kappa shape index (κ3) is 4.03. The van der Waals surface area contributed by atoms with E-state index in [0.29, 0.717) is 79.2 Å². The number of ether oxygens (including phenoxy) is 4. The quantitative estimate of drug-likeness (QED) is 0.534. The fourth-order valence-electron chi connectivity index (χ4n) is 4.34. The Morgan fingerprint density at radius 3 is 1.97 bits per heavy atom. The summed E-state index contributed by atoms with van der Waals surface area (Å²) in [6.07, 6.45) is 0.630. The highest BCUT2D eigenvalue weighted by Gasteiger charge is 2.42. The Kier molecular flexibility index (Phi) is 6.58. The Hall–Kier alpha value is -3.48. The molecule has 0 fully saturated rings. The topological polar surface area (TPSA) is 74.3 Å². The van der Waals surface area contributed by atoms with Gasteiger partial charge in [0, 0.05) is 12.1 Å². The second kappa shape index (κ2) is 9.57. The van der Waals surface area contributed by atoms with Crippen LogP contribution in [0.4, 0.5) is 0 Å². The lowest BCUT2D eigenvalue weighted by Gasteiger charge is -2.29. The summed E-state index contributed by atoms with van der Waals surface area (Å²) in [6.45, 7) is 9.99. The minimum absolute atomic E-state index is 0.372. The number of carbonyl (C=O) groups is 2. The number of rotatable bonds is 9. The van der Waals surface area contributed by atoms with Gasteiger partial charge in [0.15, 0.2) is 23.0 Å². The molecule has 4 rings (SSSR count). The summed E-state index contributed by atoms with van der Waals surface area (Å²) in [5.74, 6) is 1.39. The smallest absolute Gasteiger partial charge is 0.299 e. The van der Waals surface area contributed by atoms with Gasteiger partial charge in [-0.15, -0.1) is 0 Å². The van der Waals surface area contributed by atoms with E-state index in [0.717, 1.165) is 11.1 Å². The van der Waals surface area contributed by atoms with Crippen molar-refractivity contribution in [2.45, 2.75) is 34.1 Å². The molecule has 2 aromatic rings. The summed E-state index contributed by atoms with van der Waals surface area (Å²) in [5, 5.41) is 0. The molecule has 2 aliphatic heterocycles. The minimum atomic E-state index is -0.517. The molecule has 2 heterocycles. The lowest BCUT2D eigenvalue weighted by atomic mass is 9.92. The molecule has 1 amide bonds. The summed E-state index contributed by atoms with van der Waals surface area (Å²) in [7, 11) is 0. The standard InChI is InChI=1S/C26H29NO6/c1-5-30-19-10-9-17(14-20(19)31-6-2)23-24-18-15-22(33-8-4)21(32-7-3)13-16(18)11-12-27(24)26(29)25(23)28/h9-10,13-15H,5-8,11-12H2,1-4H3. The normalized spacial score (nSPS) is 14.8. The molecule has 7 nitrogen and oxygen atoms in total. The molecule has 0 aliphatic carbocycles. The van der Waals surface area contributed by atoms with E-state index in [1.807, 2.05) is 39.8 Å². The average Bonchev–Trinajstić information content (AvgIpc) is 3.06. The lowest BCUT2D eigenvalue weighted by molar-refractivity contribution is -0.138. The maximum absolute atomic E-state index is 13.2. The predicted octanol–water partition coefficient (Wildman–Crippen LogP) is 4.12. The molecule has 0 bridgehead atoms. The van der Waals surface area contributed by atoms with Crippen LogP contribution in [0.5, 0.6) is 23.0 Å². The summed E-state index contributed by atoms with van der Waals surface area (Å²) < 4.78 is 23.0. The molecule has 0 N–H and O–H groups in total. The maximum Gasteiger partial charge on any atom is 0.299 e. The SMILES string of the molecule is CCOc1ccc(C2=C3c4cc(OCC)c(OCC)cc4CCN3C(=O)C2=O)cc1OCC. The molecule has 2 aliphatic rings. The van der Waals surface area contributed by atoms with E-state index in [-0.39, 0.29) is 0 Å². The van der Waals surface area contributed by atoms with Gasteiger partial charge in [-0.05, 0) is 69.5 Å². The van der Waals surface area contributed by atoms with Crippen molar-refractivity contribution < 1.29 is 28.5 Å². The van der Waals surface area contributed by atoms with Gasteiger partial charge in [0.1, 0.15) is 0 Å². The Labute approximate surface area is 193 Å². The number of benzene rings is 2. The molecule has 33 heavy (non-hydrogen) atoms. The fourth-order valence-corrected chi connectivity index (χ4v) is 4.34. The molecule has 0 atom stereocenters. The molecule has 0 unspecified atom stereocenters. The number of hydrogen-bond acceptors (Lipinski definition) is 6. The molecular weight excluding hydrogens is 422 g/mol. The second-order valence-corrected chi connectivity index (χ2v) is 7.61. The van der Waals surface area contributed by atoms with Crippen molar-refractivity contribution in [1.82, 2.24) is 4.90 Å². The minimum Gasteiger partial charge on any atom is -0.490 e. The van der Waals surface area contributed by atoms with Crippen molar-refractivity contribution in [2.24, 2.45) is 0 Å². The third-order valence-corrected chi connectivity index (χ3v) is 5.63. The van der Waals surface area contributed by atoms with Gasteiger partial charge in [0.25, 0.3) is 11.7 Å². The van der Waals surface area contributed by atoms with Gasteiger partial charge in [-0.25, -0.2) is 0 Å². The average molecular weight is 452 g/mol. The number of hydrogen-bond donors (Lipinski definition) is 0. The monoisotopic (exact) mass is 451 g/mol. The molecular formula is C26H29NO6. The van der Waals surface area contributed by atoms with Gasteiger partial charge in [-0.1, -0.05) is 6.07 Å². The fraction of sp³-hybridized carbons (Fsp3) is 0.385. The first-order valence-electron chi connectivity index (χ1n) is 11.5. The van der Waals surface area contributed by atoms with E-state index in [2.05, 4.69) is 0 Å². The Balaban J connectivity index is 1.91. The molecule has 174 valence electrons. The molecule has 0 aromatic heterocycles. The van der Waals surface area contributed by atoms with E-state index in [4.69, 9.17) is 18.9 Å². The third-order valence-electron chi connectivity index (χ3n) is 5.63. The van der Waals surface area contributed by atoms with Crippen molar-refractivity contribution in [3.05, 3.63) is 47.0 Å². The number of ketones is 1. The zero-order valence-electron chi connectivity index (χ0n) is 19.5. The van der Waals surface area contributed by atoms with E-state index >= 15 is 0 Å². The van der Waals surface area contributed by atoms with Crippen LogP contribution in [0.15, 0.2) is 30.3 Å². The van der Waals surface area contributed by atoms with E-state index in [1.54, 1.807) is 23.1 Å². The zero-order valence-corrected chi connectivity index (χ0v) is 19.5. The van der Waals surface area contributed by atoms with Crippen molar-refractivity contribution in [3.8, 4) is 23.0 Å². The Morgan fingerprint density at radius 2 is 1.33 bits per heavy atom. The van der Waals surface area contributed by atoms with Crippen LogP contribution >= 0.6 is 0 Å². The van der Waals surface area contributed by atoms with E-state index in [1.165, 1.54) is 0 Å². The van der Waals surface area contributed by atoms with Gasteiger partial charge < -0.3 is 23.8 Å². The van der Waals surface area contributed by atoms with Crippen molar-refractivity contribution in [3.63, 3.8) is 0 Å². The first-order valence-corrected chi connectivity index (χ1v) is 11.5. The predicted molar refractivity (Wildman–Crippen MR) is 125 cm³/mol. The molecule has 7 heteroatoms. The van der Waals surface area contributed by atoms with Crippen LogP contribution in [-0.4, -0.2) is 49.6 Å². The van der Waals surface area contributed by atoms with Gasteiger partial charge in [0.2, 0.25) is 0 Å². The number of fused-ring (bicyclic) bond motifs is 3. The Bertz CT molecular complexity index is 1120. The molecule has 2 aromatic carbocycles. The van der Waals surface area contributed by atoms with Crippen LogP contribution in [0, 0.1) is 0 Å². The number of amides is 1. The largest absolute Gasteiger partial charge is 0.490 e. The highest BCUT2D eigenvalue weighted by Crippen LogP contribution is 2.45. The summed E-state index contributed by atoms with van der Waals surface area (Å²) >= 11 is 0. The highest BCUT2D eigenvalue weighted by molar-refractivity contribution is 6.60. The van der Waals surface area contributed by atoms with Crippen molar-refractivity contribution in [1.29, 1.82) is 0 Å². The van der Waals surface area contributed by atoms with Crippen molar-refractivity contribution >= 4 is 23.0 Å². The number of carbonyl (C=O) groups excluding carboxylic acids is 2. The first kappa shape index (κ1) is 22.7. The van der Waals surface area contributed by atoms with Crippen molar-refractivity contribution in [2.75, 3.05) is 33.0 Å². The molecule has 0 spiro atoms. The first-order chi connectivity index (χ1) is 16.0. The molecule has 0 radical (unpaired) electrons. The number of nitrogens with zero attached hydrogens (tertiary/aromatic N) is 1. The van der Waals surface area contributed by atoms with Crippen LogP contribution < -0.4 is 18.9 Å².